The van der Waals surface area contributed by atoms with E-state index in [1.807, 2.05) is 47.8 Å². The summed E-state index contributed by atoms with van der Waals surface area (Å²) in [4.78, 5) is 5.28. The lowest BCUT2D eigenvalue weighted by atomic mass is 10.0. The van der Waals surface area contributed by atoms with Crippen LogP contribution in [0.3, 0.4) is 0 Å². The molecular weight excluding hydrogens is 374 g/mol. The van der Waals surface area contributed by atoms with Crippen LogP contribution < -0.4 is 4.80 Å². The van der Waals surface area contributed by atoms with Crippen molar-refractivity contribution in [2.24, 2.45) is 10.1 Å². The molecule has 7 heteroatoms. The number of nitrogens with zero attached hydrogens (tertiary/aromatic N) is 3. The minimum absolute atomic E-state index is 0.177. The van der Waals surface area contributed by atoms with Crippen LogP contribution in [0.25, 0.3) is 22.2 Å². The third-order valence-corrected chi connectivity index (χ3v) is 5.11. The number of aromatic nitrogens is 1. The zero-order valence-electron chi connectivity index (χ0n) is 15.3. The van der Waals surface area contributed by atoms with E-state index < -0.39 is 0 Å². The number of methoxy groups -OCH3 is 1. The maximum absolute atomic E-state index is 10.4. The average molecular weight is 393 g/mol. The molecule has 0 atom stereocenters. The Kier molecular flexibility index (Phi) is 5.36. The standard InChI is InChI=1S/C21H19N3O3S/c1-26-12-10-22-21-24(18(14-28-21)20-7-4-11-27-20)23-13-17-16-6-3-2-5-15(16)8-9-19(17)25/h2-9,11,13-14,25H,10,12H2,1H3/b22-21?,23-13+. The average Bonchev–Trinajstić information content (AvgIpc) is 3.37. The summed E-state index contributed by atoms with van der Waals surface area (Å²) in [5.41, 5.74) is 1.45. The van der Waals surface area contributed by atoms with Gasteiger partial charge in [0.25, 0.3) is 0 Å². The van der Waals surface area contributed by atoms with Crippen LogP contribution in [-0.2, 0) is 4.74 Å². The fourth-order valence-corrected chi connectivity index (χ4v) is 3.73. The van der Waals surface area contributed by atoms with E-state index in [-0.39, 0.29) is 5.75 Å². The van der Waals surface area contributed by atoms with E-state index >= 15 is 0 Å². The monoisotopic (exact) mass is 393 g/mol. The summed E-state index contributed by atoms with van der Waals surface area (Å²) in [7, 11) is 1.65. The summed E-state index contributed by atoms with van der Waals surface area (Å²) >= 11 is 1.47. The second-order valence-electron chi connectivity index (χ2n) is 6.03. The van der Waals surface area contributed by atoms with Gasteiger partial charge in [0.05, 0.1) is 25.6 Å². The smallest absolute Gasteiger partial charge is 0.206 e. The van der Waals surface area contributed by atoms with Crippen LogP contribution >= 0.6 is 11.3 Å². The lowest BCUT2D eigenvalue weighted by Gasteiger charge is -2.05. The molecule has 0 aliphatic heterocycles. The number of aromatic hydroxyl groups is 1. The van der Waals surface area contributed by atoms with Crippen molar-refractivity contribution in [3.63, 3.8) is 0 Å². The number of fused-ring (bicyclic) bond motifs is 1. The molecular formula is C21H19N3O3S. The van der Waals surface area contributed by atoms with Gasteiger partial charge in [0.15, 0.2) is 5.76 Å². The van der Waals surface area contributed by atoms with Crippen molar-refractivity contribution in [3.8, 4) is 17.2 Å². The molecule has 1 N–H and O–H groups in total. The highest BCUT2D eigenvalue weighted by Crippen LogP contribution is 2.26. The molecule has 0 aliphatic rings. The molecule has 142 valence electrons. The zero-order chi connectivity index (χ0) is 19.3. The Hall–Kier alpha value is -3.16. The largest absolute Gasteiger partial charge is 0.507 e. The van der Waals surface area contributed by atoms with Gasteiger partial charge in [-0.25, -0.2) is 4.68 Å². The van der Waals surface area contributed by atoms with Gasteiger partial charge in [0, 0.05) is 18.1 Å². The molecule has 0 bridgehead atoms. The third kappa shape index (κ3) is 3.62. The number of phenols is 1. The van der Waals surface area contributed by atoms with Gasteiger partial charge >= 0.3 is 0 Å². The van der Waals surface area contributed by atoms with Crippen molar-refractivity contribution < 1.29 is 14.3 Å². The second kappa shape index (κ2) is 8.24. The molecule has 4 rings (SSSR count). The van der Waals surface area contributed by atoms with E-state index in [1.165, 1.54) is 11.3 Å². The number of thiazole rings is 1. The highest BCUT2D eigenvalue weighted by atomic mass is 32.1. The van der Waals surface area contributed by atoms with Crippen molar-refractivity contribution in [2.75, 3.05) is 20.3 Å². The van der Waals surface area contributed by atoms with E-state index in [0.29, 0.717) is 24.5 Å². The Bertz CT molecular complexity index is 1170. The first-order valence-corrected chi connectivity index (χ1v) is 9.65. The Morgan fingerprint density at radius 2 is 2.07 bits per heavy atom. The predicted octanol–water partition coefficient (Wildman–Crippen LogP) is 4.10. The number of hydrogen-bond acceptors (Lipinski definition) is 6. The van der Waals surface area contributed by atoms with Gasteiger partial charge in [0.2, 0.25) is 4.80 Å². The molecule has 2 heterocycles. The SMILES string of the molecule is COCCN=c1scc(-c2ccco2)n1/N=C/c1c(O)ccc2ccccc12. The normalized spacial score (nSPS) is 12.4. The number of rotatable bonds is 6. The maximum Gasteiger partial charge on any atom is 0.206 e. The van der Waals surface area contributed by atoms with Crippen molar-refractivity contribution in [2.45, 2.75) is 0 Å². The number of benzene rings is 2. The van der Waals surface area contributed by atoms with E-state index in [2.05, 4.69) is 10.1 Å². The van der Waals surface area contributed by atoms with Gasteiger partial charge in [-0.1, -0.05) is 30.3 Å². The second-order valence-corrected chi connectivity index (χ2v) is 6.87. The highest BCUT2D eigenvalue weighted by Gasteiger charge is 2.10. The third-order valence-electron chi connectivity index (χ3n) is 4.25. The van der Waals surface area contributed by atoms with Crippen LogP contribution in [0.15, 0.2) is 74.7 Å². The van der Waals surface area contributed by atoms with E-state index in [9.17, 15) is 5.11 Å². The molecule has 0 unspecified atom stereocenters. The molecule has 0 amide bonds. The van der Waals surface area contributed by atoms with Gasteiger partial charge in [-0.15, -0.1) is 11.3 Å². The number of furan rings is 1. The van der Waals surface area contributed by atoms with E-state index in [0.717, 1.165) is 21.3 Å². The first-order valence-electron chi connectivity index (χ1n) is 8.77. The maximum atomic E-state index is 10.4. The number of hydrogen-bond donors (Lipinski definition) is 1. The predicted molar refractivity (Wildman–Crippen MR) is 111 cm³/mol. The van der Waals surface area contributed by atoms with Gasteiger partial charge in [0.1, 0.15) is 11.4 Å². The summed E-state index contributed by atoms with van der Waals surface area (Å²) in [6.45, 7) is 1.06. The molecule has 0 radical (unpaired) electrons. The summed E-state index contributed by atoms with van der Waals surface area (Å²) < 4.78 is 12.4. The Labute approximate surface area is 165 Å². The van der Waals surface area contributed by atoms with Crippen LogP contribution in [0, 0.1) is 0 Å². The van der Waals surface area contributed by atoms with Crippen LogP contribution in [0.4, 0.5) is 0 Å². The molecule has 28 heavy (non-hydrogen) atoms. The molecule has 0 saturated heterocycles. The lowest BCUT2D eigenvalue weighted by molar-refractivity contribution is 0.207. The van der Waals surface area contributed by atoms with Crippen LogP contribution in [0.1, 0.15) is 5.56 Å². The zero-order valence-corrected chi connectivity index (χ0v) is 16.1. The van der Waals surface area contributed by atoms with Crippen LogP contribution in [0.5, 0.6) is 5.75 Å². The van der Waals surface area contributed by atoms with Gasteiger partial charge < -0.3 is 14.3 Å². The molecule has 0 fully saturated rings. The number of ether oxygens (including phenoxy) is 1. The minimum Gasteiger partial charge on any atom is -0.507 e. The molecule has 2 aromatic carbocycles. The highest BCUT2D eigenvalue weighted by molar-refractivity contribution is 7.07. The molecule has 0 saturated carbocycles. The van der Waals surface area contributed by atoms with E-state index in [4.69, 9.17) is 9.15 Å². The summed E-state index contributed by atoms with van der Waals surface area (Å²) in [6.07, 6.45) is 3.28. The minimum atomic E-state index is 0.177. The van der Waals surface area contributed by atoms with Gasteiger partial charge in [-0.3, -0.25) is 4.99 Å². The lowest BCUT2D eigenvalue weighted by Crippen LogP contribution is -2.13. The van der Waals surface area contributed by atoms with Crippen LogP contribution in [-0.4, -0.2) is 36.3 Å². The topological polar surface area (TPSA) is 72.2 Å². The van der Waals surface area contributed by atoms with Crippen molar-refractivity contribution in [1.29, 1.82) is 0 Å². The van der Waals surface area contributed by atoms with Crippen LogP contribution in [0.2, 0.25) is 0 Å². The summed E-state index contributed by atoms with van der Waals surface area (Å²) in [5, 5.41) is 18.9. The Balaban J connectivity index is 1.82. The van der Waals surface area contributed by atoms with Gasteiger partial charge in [-0.05, 0) is 29.0 Å². The first-order chi connectivity index (χ1) is 13.8. The quantitative estimate of drug-likeness (QED) is 0.396. The Morgan fingerprint density at radius 3 is 2.89 bits per heavy atom. The first kappa shape index (κ1) is 18.2. The van der Waals surface area contributed by atoms with E-state index in [1.54, 1.807) is 30.3 Å². The molecule has 6 nitrogen and oxygen atoms in total. The number of phenolic OH excluding ortho intramolecular Hbond substituents is 1. The Morgan fingerprint density at radius 1 is 1.18 bits per heavy atom. The van der Waals surface area contributed by atoms with Crippen molar-refractivity contribution in [1.82, 2.24) is 4.68 Å². The molecule has 0 spiro atoms. The molecule has 4 aromatic rings. The fraction of sp³-hybridized carbons (Fsp3) is 0.143. The molecule has 2 aromatic heterocycles. The summed E-state index contributed by atoms with van der Waals surface area (Å²) in [5.74, 6) is 0.874. The van der Waals surface area contributed by atoms with Crippen molar-refractivity contribution in [3.05, 3.63) is 70.5 Å². The van der Waals surface area contributed by atoms with Crippen molar-refractivity contribution >= 4 is 28.3 Å². The summed E-state index contributed by atoms with van der Waals surface area (Å²) in [6, 6.07) is 15.2. The fourth-order valence-electron chi connectivity index (χ4n) is 2.88. The molecule has 0 aliphatic carbocycles. The van der Waals surface area contributed by atoms with Gasteiger partial charge in [-0.2, -0.15) is 5.10 Å².